The molecular weight excluding hydrogens is 511 g/mol. The number of aromatic nitrogens is 3. The first-order valence-electron chi connectivity index (χ1n) is 12.8. The van der Waals surface area contributed by atoms with Crippen LogP contribution in [0, 0.1) is 0 Å². The molecule has 3 aliphatic rings. The van der Waals surface area contributed by atoms with Crippen molar-refractivity contribution in [2.24, 2.45) is 0 Å². The van der Waals surface area contributed by atoms with Crippen molar-refractivity contribution in [1.29, 1.82) is 0 Å². The Morgan fingerprint density at radius 2 is 1.85 bits per heavy atom. The predicted octanol–water partition coefficient (Wildman–Crippen LogP) is 4.18. The molecule has 39 heavy (non-hydrogen) atoms. The molecule has 3 aromatic rings. The molecule has 2 amide bonds. The van der Waals surface area contributed by atoms with Crippen molar-refractivity contribution in [2.75, 3.05) is 19.6 Å². The van der Waals surface area contributed by atoms with Gasteiger partial charge in [-0.15, -0.1) is 0 Å². The zero-order chi connectivity index (χ0) is 27.5. The largest absolute Gasteiger partial charge is 0.506 e. The van der Waals surface area contributed by atoms with Crippen LogP contribution in [0.5, 0.6) is 5.75 Å². The molecule has 0 bridgehead atoms. The molecule has 11 heteroatoms. The minimum absolute atomic E-state index is 0.167. The van der Waals surface area contributed by atoms with Gasteiger partial charge >= 0.3 is 6.18 Å². The van der Waals surface area contributed by atoms with Crippen molar-refractivity contribution >= 4 is 11.8 Å². The number of alkyl halides is 3. The van der Waals surface area contributed by atoms with E-state index < -0.39 is 29.6 Å². The summed E-state index contributed by atoms with van der Waals surface area (Å²) in [6, 6.07) is 8.56. The van der Waals surface area contributed by atoms with Gasteiger partial charge in [-0.1, -0.05) is 18.7 Å². The fourth-order valence-corrected chi connectivity index (χ4v) is 5.64. The molecule has 1 fully saturated rings. The lowest BCUT2D eigenvalue weighted by Gasteiger charge is -2.37. The Bertz CT molecular complexity index is 1480. The van der Waals surface area contributed by atoms with Crippen molar-refractivity contribution in [3.05, 3.63) is 83.0 Å². The summed E-state index contributed by atoms with van der Waals surface area (Å²) in [6.45, 7) is 4.40. The molecule has 2 aliphatic heterocycles. The molecule has 1 atom stereocenters. The Kier molecular flexibility index (Phi) is 5.96. The number of rotatable bonds is 4. The summed E-state index contributed by atoms with van der Waals surface area (Å²) in [5, 5.41) is 14.9. The van der Waals surface area contributed by atoms with E-state index in [1.54, 1.807) is 4.90 Å². The van der Waals surface area contributed by atoms with E-state index in [1.165, 1.54) is 29.4 Å². The van der Waals surface area contributed by atoms with E-state index in [4.69, 9.17) is 5.10 Å². The van der Waals surface area contributed by atoms with Crippen LogP contribution in [0.2, 0.25) is 0 Å². The van der Waals surface area contributed by atoms with Crippen molar-refractivity contribution in [2.45, 2.75) is 43.8 Å². The first-order valence-corrected chi connectivity index (χ1v) is 12.8. The van der Waals surface area contributed by atoms with Gasteiger partial charge in [0.05, 0.1) is 28.7 Å². The average molecular weight is 538 g/mol. The van der Waals surface area contributed by atoms with Gasteiger partial charge in [-0.05, 0) is 48.6 Å². The van der Waals surface area contributed by atoms with Gasteiger partial charge in [0.15, 0.2) is 5.69 Å². The Morgan fingerprint density at radius 1 is 1.10 bits per heavy atom. The topological polar surface area (TPSA) is 91.6 Å². The molecule has 2 aromatic heterocycles. The van der Waals surface area contributed by atoms with Crippen molar-refractivity contribution in [1.82, 2.24) is 24.6 Å². The van der Waals surface area contributed by atoms with E-state index in [9.17, 15) is 27.9 Å². The molecule has 0 saturated heterocycles. The number of pyridine rings is 1. The fraction of sp³-hybridized carbons (Fsp3) is 0.357. The van der Waals surface area contributed by atoms with Crippen LogP contribution in [-0.4, -0.2) is 61.1 Å². The third-order valence-corrected chi connectivity index (χ3v) is 7.73. The highest BCUT2D eigenvalue weighted by atomic mass is 19.4. The Hall–Kier alpha value is -4.15. The molecular formula is C28H26F3N5O3. The van der Waals surface area contributed by atoms with Gasteiger partial charge < -0.3 is 14.9 Å². The van der Waals surface area contributed by atoms with E-state index in [0.717, 1.165) is 34.9 Å². The number of hydrogen-bond acceptors (Lipinski definition) is 5. The number of amides is 2. The smallest absolute Gasteiger partial charge is 0.437 e. The van der Waals surface area contributed by atoms with E-state index in [-0.39, 0.29) is 24.6 Å². The molecule has 4 heterocycles. The first kappa shape index (κ1) is 25.1. The second-order valence-corrected chi connectivity index (χ2v) is 10.2. The third kappa shape index (κ3) is 4.45. The van der Waals surface area contributed by atoms with Crippen LogP contribution in [0.4, 0.5) is 13.2 Å². The van der Waals surface area contributed by atoms with Crippen LogP contribution in [0.15, 0.2) is 49.2 Å². The summed E-state index contributed by atoms with van der Waals surface area (Å²) in [7, 11) is 0. The SMILES string of the molecule is C=CC(=O)N1CCc2nn(-c3ccc(C4CC4)cc3)c3c2[C@@H](C1)N(C(=O)c1cnc(C(F)(F)F)c(O)c1)CC3. The molecule has 1 aliphatic carbocycles. The minimum atomic E-state index is -4.85. The number of carbonyl (C=O) groups is 2. The Labute approximate surface area is 222 Å². The first-order chi connectivity index (χ1) is 18.7. The Morgan fingerprint density at radius 3 is 2.49 bits per heavy atom. The lowest BCUT2D eigenvalue weighted by atomic mass is 9.95. The fourth-order valence-electron chi connectivity index (χ4n) is 5.64. The van der Waals surface area contributed by atoms with Gasteiger partial charge in [-0.3, -0.25) is 9.59 Å². The molecule has 6 rings (SSSR count). The molecule has 202 valence electrons. The quantitative estimate of drug-likeness (QED) is 0.505. The van der Waals surface area contributed by atoms with Gasteiger partial charge in [0, 0.05) is 44.2 Å². The monoisotopic (exact) mass is 537 g/mol. The third-order valence-electron chi connectivity index (χ3n) is 7.73. The van der Waals surface area contributed by atoms with E-state index in [1.807, 2.05) is 16.8 Å². The van der Waals surface area contributed by atoms with Crippen LogP contribution >= 0.6 is 0 Å². The summed E-state index contributed by atoms with van der Waals surface area (Å²) in [4.78, 5) is 32.7. The lowest BCUT2D eigenvalue weighted by molar-refractivity contribution is -0.142. The minimum Gasteiger partial charge on any atom is -0.506 e. The van der Waals surface area contributed by atoms with Crippen LogP contribution in [-0.2, 0) is 23.8 Å². The van der Waals surface area contributed by atoms with E-state index >= 15 is 0 Å². The number of nitrogens with zero attached hydrogens (tertiary/aromatic N) is 5. The highest BCUT2D eigenvalue weighted by molar-refractivity contribution is 5.95. The number of benzene rings is 1. The Balaban J connectivity index is 1.38. The predicted molar refractivity (Wildman–Crippen MR) is 134 cm³/mol. The van der Waals surface area contributed by atoms with Crippen LogP contribution < -0.4 is 0 Å². The molecule has 0 unspecified atom stereocenters. The van der Waals surface area contributed by atoms with Gasteiger partial charge in [-0.2, -0.15) is 18.3 Å². The molecule has 0 radical (unpaired) electrons. The number of aromatic hydroxyl groups is 1. The molecule has 8 nitrogen and oxygen atoms in total. The maximum atomic E-state index is 13.6. The van der Waals surface area contributed by atoms with E-state index in [0.29, 0.717) is 25.3 Å². The highest BCUT2D eigenvalue weighted by Crippen LogP contribution is 2.41. The van der Waals surface area contributed by atoms with Crippen molar-refractivity contribution in [3.63, 3.8) is 0 Å². The second-order valence-electron chi connectivity index (χ2n) is 10.2. The molecule has 1 saturated carbocycles. The lowest BCUT2D eigenvalue weighted by Crippen LogP contribution is -2.45. The molecule has 0 spiro atoms. The van der Waals surface area contributed by atoms with Crippen LogP contribution in [0.25, 0.3) is 5.69 Å². The maximum Gasteiger partial charge on any atom is 0.437 e. The maximum absolute atomic E-state index is 13.6. The standard InChI is InChI=1S/C28H26F3N5O3/c1-2-24(38)34-11-9-20-25-21(36(33-20)19-7-5-17(6-8-19)16-3-4-16)10-12-35(22(25)15-34)27(39)18-13-23(37)26(32-14-18)28(29,30)31/h2,5-8,13-14,16,22,37H,1,3-4,9-12,15H2/t22-/m1/s1. The summed E-state index contributed by atoms with van der Waals surface area (Å²) < 4.78 is 41.2. The van der Waals surface area contributed by atoms with Gasteiger partial charge in [0.2, 0.25) is 5.91 Å². The summed E-state index contributed by atoms with van der Waals surface area (Å²) in [6.07, 6.45) is 0.560. The number of hydrogen-bond donors (Lipinski definition) is 1. The zero-order valence-electron chi connectivity index (χ0n) is 21.0. The second kappa shape index (κ2) is 9.25. The number of halogens is 3. The van der Waals surface area contributed by atoms with Crippen molar-refractivity contribution in [3.8, 4) is 11.4 Å². The molecule has 1 aromatic carbocycles. The van der Waals surface area contributed by atoms with Crippen LogP contribution in [0.3, 0.4) is 0 Å². The molecule has 1 N–H and O–H groups in total. The normalized spacial score (nSPS) is 18.9. The summed E-state index contributed by atoms with van der Waals surface area (Å²) in [5.74, 6) is -1.35. The highest BCUT2D eigenvalue weighted by Gasteiger charge is 2.41. The van der Waals surface area contributed by atoms with E-state index in [2.05, 4.69) is 23.7 Å². The zero-order valence-corrected chi connectivity index (χ0v) is 21.0. The average Bonchev–Trinajstić information content (AvgIpc) is 3.72. The van der Waals surface area contributed by atoms with Gasteiger partial charge in [0.1, 0.15) is 5.75 Å². The van der Waals surface area contributed by atoms with Gasteiger partial charge in [-0.25, -0.2) is 9.67 Å². The summed E-state index contributed by atoms with van der Waals surface area (Å²) in [5.41, 5.74) is 3.17. The van der Waals surface area contributed by atoms with Crippen molar-refractivity contribution < 1.29 is 27.9 Å². The number of carbonyl (C=O) groups excluding carboxylic acids is 2. The van der Waals surface area contributed by atoms with Gasteiger partial charge in [0.25, 0.3) is 5.91 Å². The van der Waals surface area contributed by atoms with Crippen LogP contribution in [0.1, 0.15) is 63.4 Å². The summed E-state index contributed by atoms with van der Waals surface area (Å²) >= 11 is 0.